The van der Waals surface area contributed by atoms with Gasteiger partial charge in [0.15, 0.2) is 0 Å². The van der Waals surface area contributed by atoms with Crippen LogP contribution in [-0.4, -0.2) is 17.5 Å². The number of hydrogen-bond donors (Lipinski definition) is 2. The molecule has 1 unspecified atom stereocenters. The molecule has 0 aliphatic rings. The molecule has 0 aromatic heterocycles. The first-order valence-corrected chi connectivity index (χ1v) is 6.08. The van der Waals surface area contributed by atoms with Crippen molar-refractivity contribution < 1.29 is 5.21 Å². The highest BCUT2D eigenvalue weighted by Crippen LogP contribution is 2.19. The van der Waals surface area contributed by atoms with Gasteiger partial charge in [-0.2, -0.15) is 5.26 Å². The van der Waals surface area contributed by atoms with Crippen molar-refractivity contribution >= 4 is 21.6 Å². The molecule has 0 saturated heterocycles. The normalized spacial score (nSPS) is 13.1. The third-order valence-electron chi connectivity index (χ3n) is 2.41. The van der Waals surface area contributed by atoms with Crippen LogP contribution in [0.1, 0.15) is 24.9 Å². The van der Waals surface area contributed by atoms with Crippen LogP contribution in [-0.2, 0) is 0 Å². The molecule has 1 aromatic rings. The first-order valence-electron chi connectivity index (χ1n) is 5.29. The third kappa shape index (κ3) is 3.84. The molecule has 0 bridgehead atoms. The average molecular weight is 296 g/mol. The van der Waals surface area contributed by atoms with Crippen LogP contribution in [0.2, 0.25) is 0 Å². The van der Waals surface area contributed by atoms with Gasteiger partial charge in [0.05, 0.1) is 24.4 Å². The van der Waals surface area contributed by atoms with Gasteiger partial charge in [0.2, 0.25) is 0 Å². The van der Waals surface area contributed by atoms with Gasteiger partial charge in [-0.15, -0.1) is 0 Å². The van der Waals surface area contributed by atoms with Crippen LogP contribution in [0.25, 0.3) is 0 Å². The fourth-order valence-corrected chi connectivity index (χ4v) is 1.83. The second kappa shape index (κ2) is 7.05. The van der Waals surface area contributed by atoms with E-state index in [1.54, 1.807) is 0 Å². The first kappa shape index (κ1) is 13.7. The molecular weight excluding hydrogens is 282 g/mol. The highest BCUT2D eigenvalue weighted by molar-refractivity contribution is 9.10. The monoisotopic (exact) mass is 295 g/mol. The Labute approximate surface area is 109 Å². The zero-order valence-electron chi connectivity index (χ0n) is 9.52. The lowest BCUT2D eigenvalue weighted by atomic mass is 10.0. The van der Waals surface area contributed by atoms with E-state index >= 15 is 0 Å². The van der Waals surface area contributed by atoms with E-state index in [0.29, 0.717) is 12.1 Å². The van der Waals surface area contributed by atoms with E-state index in [9.17, 15) is 0 Å². The first-order chi connectivity index (χ1) is 8.22. The molecule has 4 nitrogen and oxygen atoms in total. The Morgan fingerprint density at radius 3 is 2.65 bits per heavy atom. The summed E-state index contributed by atoms with van der Waals surface area (Å²) in [7, 11) is 0. The maximum atomic E-state index is 8.97. The zero-order valence-corrected chi connectivity index (χ0v) is 11.1. The van der Waals surface area contributed by atoms with Crippen LogP contribution < -0.4 is 5.32 Å². The summed E-state index contributed by atoms with van der Waals surface area (Å²) < 4.78 is 0.985. The molecule has 0 aliphatic carbocycles. The predicted molar refractivity (Wildman–Crippen MR) is 70.0 cm³/mol. The molecule has 90 valence electrons. The summed E-state index contributed by atoms with van der Waals surface area (Å²) >= 11 is 3.37. The van der Waals surface area contributed by atoms with Crippen molar-refractivity contribution in [2.24, 2.45) is 5.16 Å². The summed E-state index contributed by atoms with van der Waals surface area (Å²) in [5.41, 5.74) is 1.58. The maximum absolute atomic E-state index is 8.97. The number of rotatable bonds is 5. The van der Waals surface area contributed by atoms with Gasteiger partial charge in [-0.25, -0.2) is 0 Å². The Bertz CT molecular complexity index is 422. The summed E-state index contributed by atoms with van der Waals surface area (Å²) in [5, 5.41) is 23.9. The third-order valence-corrected chi connectivity index (χ3v) is 2.94. The highest BCUT2D eigenvalue weighted by atomic mass is 79.9. The van der Waals surface area contributed by atoms with E-state index in [1.165, 1.54) is 0 Å². The van der Waals surface area contributed by atoms with Gasteiger partial charge in [-0.05, 0) is 24.1 Å². The van der Waals surface area contributed by atoms with Crippen molar-refractivity contribution in [2.45, 2.75) is 19.4 Å². The minimum absolute atomic E-state index is 0.208. The van der Waals surface area contributed by atoms with Crippen LogP contribution in [0.3, 0.4) is 0 Å². The predicted octanol–water partition coefficient (Wildman–Crippen LogP) is 2.84. The lowest BCUT2D eigenvalue weighted by Crippen LogP contribution is -2.28. The van der Waals surface area contributed by atoms with Gasteiger partial charge in [0.1, 0.15) is 0 Å². The standard InChI is InChI=1S/C12H14BrN3O/c1-2-11(16-17)12(15-8-7-14)9-3-5-10(13)6-4-9/h3-6,12,15,17H,2,8H2,1H3/b16-11+. The van der Waals surface area contributed by atoms with Gasteiger partial charge < -0.3 is 5.21 Å². The number of nitriles is 1. The second-order valence-corrected chi connectivity index (χ2v) is 4.38. The van der Waals surface area contributed by atoms with Crippen molar-refractivity contribution in [3.8, 4) is 6.07 Å². The minimum Gasteiger partial charge on any atom is -0.411 e. The quantitative estimate of drug-likeness (QED) is 0.380. The molecule has 0 fully saturated rings. The summed E-state index contributed by atoms with van der Waals surface area (Å²) in [4.78, 5) is 0. The van der Waals surface area contributed by atoms with Crippen LogP contribution in [0, 0.1) is 11.3 Å². The van der Waals surface area contributed by atoms with E-state index < -0.39 is 0 Å². The van der Waals surface area contributed by atoms with E-state index in [2.05, 4.69) is 26.4 Å². The molecule has 1 aromatic carbocycles. The summed E-state index contributed by atoms with van der Waals surface area (Å²) in [6.45, 7) is 2.12. The van der Waals surface area contributed by atoms with E-state index in [4.69, 9.17) is 10.5 Å². The molecular formula is C12H14BrN3O. The molecule has 0 saturated carbocycles. The van der Waals surface area contributed by atoms with Gasteiger partial charge in [0, 0.05) is 4.47 Å². The molecule has 17 heavy (non-hydrogen) atoms. The van der Waals surface area contributed by atoms with Crippen molar-refractivity contribution in [2.75, 3.05) is 6.54 Å². The summed E-state index contributed by atoms with van der Waals surface area (Å²) in [6.07, 6.45) is 0.621. The lowest BCUT2D eigenvalue weighted by molar-refractivity contribution is 0.314. The SMILES string of the molecule is CC/C(=N\O)C(NCC#N)c1ccc(Br)cc1. The zero-order chi connectivity index (χ0) is 12.7. The van der Waals surface area contributed by atoms with Crippen LogP contribution in [0.4, 0.5) is 0 Å². The Hall–Kier alpha value is -1.38. The molecule has 0 amide bonds. The molecule has 0 aliphatic heterocycles. The molecule has 0 heterocycles. The van der Waals surface area contributed by atoms with E-state index in [0.717, 1.165) is 10.0 Å². The summed E-state index contributed by atoms with van der Waals surface area (Å²) in [6, 6.07) is 9.50. The number of hydrogen-bond acceptors (Lipinski definition) is 4. The Balaban J connectivity index is 2.97. The van der Waals surface area contributed by atoms with Gasteiger partial charge in [-0.1, -0.05) is 40.1 Å². The fraction of sp³-hybridized carbons (Fsp3) is 0.333. The number of oxime groups is 1. The lowest BCUT2D eigenvalue weighted by Gasteiger charge is -2.18. The molecule has 1 rings (SSSR count). The van der Waals surface area contributed by atoms with Gasteiger partial charge in [0.25, 0.3) is 0 Å². The molecule has 1 atom stereocenters. The van der Waals surface area contributed by atoms with Crippen molar-refractivity contribution in [1.29, 1.82) is 5.26 Å². The molecule has 2 N–H and O–H groups in total. The maximum Gasteiger partial charge on any atom is 0.0848 e. The smallest absolute Gasteiger partial charge is 0.0848 e. The Morgan fingerprint density at radius 2 is 2.18 bits per heavy atom. The van der Waals surface area contributed by atoms with Crippen LogP contribution in [0.15, 0.2) is 33.9 Å². The molecule has 5 heteroatoms. The van der Waals surface area contributed by atoms with Gasteiger partial charge in [-0.3, -0.25) is 5.32 Å². The van der Waals surface area contributed by atoms with Crippen molar-refractivity contribution in [3.63, 3.8) is 0 Å². The molecule has 0 spiro atoms. The summed E-state index contributed by atoms with van der Waals surface area (Å²) in [5.74, 6) is 0. The largest absolute Gasteiger partial charge is 0.411 e. The van der Waals surface area contributed by atoms with Crippen molar-refractivity contribution in [3.05, 3.63) is 34.3 Å². The van der Waals surface area contributed by atoms with E-state index in [-0.39, 0.29) is 12.6 Å². The molecule has 0 radical (unpaired) electrons. The van der Waals surface area contributed by atoms with Crippen molar-refractivity contribution in [1.82, 2.24) is 5.32 Å². The van der Waals surface area contributed by atoms with Crippen LogP contribution >= 0.6 is 15.9 Å². The van der Waals surface area contributed by atoms with Gasteiger partial charge >= 0.3 is 0 Å². The Morgan fingerprint density at radius 1 is 1.53 bits per heavy atom. The number of nitrogens with one attached hydrogen (secondary N) is 1. The topological polar surface area (TPSA) is 68.4 Å². The number of benzene rings is 1. The van der Waals surface area contributed by atoms with E-state index in [1.807, 2.05) is 37.3 Å². The number of nitrogens with zero attached hydrogens (tertiary/aromatic N) is 2. The fourth-order valence-electron chi connectivity index (χ4n) is 1.56. The average Bonchev–Trinajstić information content (AvgIpc) is 2.36. The second-order valence-electron chi connectivity index (χ2n) is 3.47. The highest BCUT2D eigenvalue weighted by Gasteiger charge is 2.16. The Kier molecular flexibility index (Phi) is 5.67. The van der Waals surface area contributed by atoms with Crippen LogP contribution in [0.5, 0.6) is 0 Å². The minimum atomic E-state index is -0.224. The number of halogens is 1.